The van der Waals surface area contributed by atoms with E-state index in [2.05, 4.69) is 65.4 Å². The second-order valence-corrected chi connectivity index (χ2v) is 7.89. The van der Waals surface area contributed by atoms with Crippen LogP contribution in [0.4, 0.5) is 0 Å². The summed E-state index contributed by atoms with van der Waals surface area (Å²) in [6, 6.07) is 0. The van der Waals surface area contributed by atoms with E-state index in [1.54, 1.807) is 0 Å². The Morgan fingerprint density at radius 1 is 0.862 bits per heavy atom. The predicted molar refractivity (Wildman–Crippen MR) is 119 cm³/mol. The van der Waals surface area contributed by atoms with Crippen molar-refractivity contribution >= 4 is 13.7 Å². The minimum Gasteiger partial charge on any atom is -0.354 e. The molecule has 0 heterocycles. The molecule has 7 heteroatoms. The zero-order chi connectivity index (χ0) is 21.6. The van der Waals surface area contributed by atoms with Gasteiger partial charge in [0.2, 0.25) is 5.91 Å². The minimum absolute atomic E-state index is 0.0915. The van der Waals surface area contributed by atoms with E-state index in [1.807, 2.05) is 0 Å². The molecule has 0 radical (unpaired) electrons. The summed E-state index contributed by atoms with van der Waals surface area (Å²) in [5.74, 6) is -0.143. The summed E-state index contributed by atoms with van der Waals surface area (Å²) in [6.07, 6.45) is 27.2. The van der Waals surface area contributed by atoms with E-state index in [0.29, 0.717) is 6.42 Å². The number of allylic oxidation sites excluding steroid dienone is 8. The first-order chi connectivity index (χ1) is 14.0. The third-order valence-corrected chi connectivity index (χ3v) is 4.43. The SMILES string of the molecule is CCCCCC=CCC=CCC=CC/C=C\CCCC(=O)NCCOP(=O)(O)O. The average Bonchev–Trinajstić information content (AvgIpc) is 2.67. The zero-order valence-electron chi connectivity index (χ0n) is 17.7. The van der Waals surface area contributed by atoms with Gasteiger partial charge in [-0.05, 0) is 44.9 Å². The molecule has 0 aliphatic rings. The topological polar surface area (TPSA) is 95.9 Å². The van der Waals surface area contributed by atoms with Crippen LogP contribution in [-0.4, -0.2) is 28.8 Å². The molecule has 0 aromatic rings. The maximum absolute atomic E-state index is 11.5. The highest BCUT2D eigenvalue weighted by atomic mass is 31.2. The monoisotopic (exact) mass is 427 g/mol. The number of carbonyl (C=O) groups is 1. The second-order valence-electron chi connectivity index (χ2n) is 6.65. The molecule has 0 fully saturated rings. The van der Waals surface area contributed by atoms with Crippen molar-refractivity contribution in [3.63, 3.8) is 0 Å². The van der Waals surface area contributed by atoms with Crippen molar-refractivity contribution in [3.05, 3.63) is 48.6 Å². The van der Waals surface area contributed by atoms with Crippen LogP contribution in [0.25, 0.3) is 0 Å². The number of phosphoric ester groups is 1. The molecule has 3 N–H and O–H groups in total. The average molecular weight is 428 g/mol. The lowest BCUT2D eigenvalue weighted by atomic mass is 10.2. The minimum atomic E-state index is -4.45. The van der Waals surface area contributed by atoms with Crippen molar-refractivity contribution in [1.29, 1.82) is 0 Å². The molecular weight excluding hydrogens is 389 g/mol. The molecule has 0 spiro atoms. The Balaban J connectivity index is 3.51. The molecule has 0 aliphatic heterocycles. The first kappa shape index (κ1) is 27.5. The third-order valence-electron chi connectivity index (χ3n) is 3.92. The summed E-state index contributed by atoms with van der Waals surface area (Å²) in [6.45, 7) is 2.11. The van der Waals surface area contributed by atoms with Gasteiger partial charge in [-0.2, -0.15) is 0 Å². The van der Waals surface area contributed by atoms with Crippen LogP contribution in [-0.2, 0) is 13.9 Å². The van der Waals surface area contributed by atoms with E-state index in [0.717, 1.165) is 32.1 Å². The molecule has 166 valence electrons. The maximum Gasteiger partial charge on any atom is 0.469 e. The van der Waals surface area contributed by atoms with Crippen molar-refractivity contribution in [3.8, 4) is 0 Å². The van der Waals surface area contributed by atoms with Gasteiger partial charge in [0.25, 0.3) is 0 Å². The lowest BCUT2D eigenvalue weighted by molar-refractivity contribution is -0.121. The molecule has 0 rings (SSSR count). The summed E-state index contributed by atoms with van der Waals surface area (Å²) in [4.78, 5) is 28.5. The van der Waals surface area contributed by atoms with Crippen LogP contribution < -0.4 is 5.32 Å². The van der Waals surface area contributed by atoms with Crippen LogP contribution in [0.1, 0.15) is 71.1 Å². The summed E-state index contributed by atoms with van der Waals surface area (Å²) < 4.78 is 14.7. The number of nitrogens with one attached hydrogen (secondary N) is 1. The molecule has 1 amide bonds. The van der Waals surface area contributed by atoms with E-state index in [-0.39, 0.29) is 19.1 Å². The van der Waals surface area contributed by atoms with E-state index in [1.165, 1.54) is 25.7 Å². The molecule has 0 aromatic heterocycles. The molecule has 6 nitrogen and oxygen atoms in total. The second kappa shape index (κ2) is 19.8. The van der Waals surface area contributed by atoms with Crippen LogP contribution >= 0.6 is 7.82 Å². The summed E-state index contributed by atoms with van der Waals surface area (Å²) in [5.41, 5.74) is 0. The largest absolute Gasteiger partial charge is 0.469 e. The Kier molecular flexibility index (Phi) is 18.8. The van der Waals surface area contributed by atoms with E-state index < -0.39 is 7.82 Å². The summed E-state index contributed by atoms with van der Waals surface area (Å²) in [7, 11) is -4.45. The van der Waals surface area contributed by atoms with E-state index in [4.69, 9.17) is 9.79 Å². The Hall–Kier alpha value is -1.46. The lowest BCUT2D eigenvalue weighted by Gasteiger charge is -2.06. The number of rotatable bonds is 18. The van der Waals surface area contributed by atoms with Gasteiger partial charge in [0.15, 0.2) is 0 Å². The van der Waals surface area contributed by atoms with Crippen LogP contribution in [0.5, 0.6) is 0 Å². The van der Waals surface area contributed by atoms with Gasteiger partial charge < -0.3 is 15.1 Å². The Morgan fingerprint density at radius 2 is 1.38 bits per heavy atom. The number of phosphoric acid groups is 1. The van der Waals surface area contributed by atoms with Crippen molar-refractivity contribution in [2.45, 2.75) is 71.1 Å². The molecular formula is C22H38NO5P. The molecule has 0 saturated carbocycles. The normalized spacial score (nSPS) is 12.8. The Bertz CT molecular complexity index is 564. The van der Waals surface area contributed by atoms with Crippen molar-refractivity contribution in [2.75, 3.05) is 13.2 Å². The maximum atomic E-state index is 11.5. The smallest absolute Gasteiger partial charge is 0.354 e. The standard InChI is InChI=1S/C22H38NO5P/c1-2-3-4-5-6-7-8-9-10-11-12-13-14-15-16-17-18-19-22(24)23-20-21-28-29(25,26)27/h6-7,9-10,12-13,15-16H,2-5,8,11,14,17-21H2,1H3,(H,23,24)(H2,25,26,27)/b7-6?,10-9?,13-12?,16-15-. The summed E-state index contributed by atoms with van der Waals surface area (Å²) in [5, 5.41) is 2.56. The molecule has 0 aliphatic carbocycles. The molecule has 29 heavy (non-hydrogen) atoms. The number of carbonyl (C=O) groups excluding carboxylic acids is 1. The van der Waals surface area contributed by atoms with Gasteiger partial charge in [0, 0.05) is 13.0 Å². The Labute approximate surface area is 176 Å². The molecule has 0 aromatic carbocycles. The van der Waals surface area contributed by atoms with Gasteiger partial charge in [-0.15, -0.1) is 0 Å². The van der Waals surface area contributed by atoms with Crippen LogP contribution in [0.3, 0.4) is 0 Å². The van der Waals surface area contributed by atoms with Crippen molar-refractivity contribution in [2.24, 2.45) is 0 Å². The van der Waals surface area contributed by atoms with Gasteiger partial charge in [-0.3, -0.25) is 9.32 Å². The van der Waals surface area contributed by atoms with Crippen LogP contribution in [0.15, 0.2) is 48.6 Å². The van der Waals surface area contributed by atoms with E-state index >= 15 is 0 Å². The van der Waals surface area contributed by atoms with Gasteiger partial charge in [0.05, 0.1) is 6.61 Å². The highest BCUT2D eigenvalue weighted by molar-refractivity contribution is 7.46. The lowest BCUT2D eigenvalue weighted by Crippen LogP contribution is -2.26. The van der Waals surface area contributed by atoms with Gasteiger partial charge >= 0.3 is 7.82 Å². The highest BCUT2D eigenvalue weighted by Crippen LogP contribution is 2.35. The van der Waals surface area contributed by atoms with Crippen molar-refractivity contribution < 1.29 is 23.7 Å². The zero-order valence-corrected chi connectivity index (χ0v) is 18.6. The fraction of sp³-hybridized carbons (Fsp3) is 0.591. The first-order valence-corrected chi connectivity index (χ1v) is 12.1. The first-order valence-electron chi connectivity index (χ1n) is 10.5. The van der Waals surface area contributed by atoms with Crippen LogP contribution in [0.2, 0.25) is 0 Å². The number of unbranched alkanes of at least 4 members (excludes halogenated alkanes) is 4. The van der Waals surface area contributed by atoms with Gasteiger partial charge in [0.1, 0.15) is 0 Å². The van der Waals surface area contributed by atoms with Crippen LogP contribution in [0, 0.1) is 0 Å². The Morgan fingerprint density at radius 3 is 1.90 bits per heavy atom. The number of hydrogen-bond acceptors (Lipinski definition) is 3. The van der Waals surface area contributed by atoms with Crippen molar-refractivity contribution in [1.82, 2.24) is 5.32 Å². The fourth-order valence-electron chi connectivity index (χ4n) is 2.38. The molecule has 0 unspecified atom stereocenters. The van der Waals surface area contributed by atoms with E-state index in [9.17, 15) is 9.36 Å². The fourth-order valence-corrected chi connectivity index (χ4v) is 2.71. The van der Waals surface area contributed by atoms with Gasteiger partial charge in [-0.1, -0.05) is 68.4 Å². The highest BCUT2D eigenvalue weighted by Gasteiger charge is 2.12. The third kappa shape index (κ3) is 24.5. The number of amides is 1. The number of hydrogen-bond donors (Lipinski definition) is 3. The molecule has 0 bridgehead atoms. The predicted octanol–water partition coefficient (Wildman–Crippen LogP) is 5.36. The quantitative estimate of drug-likeness (QED) is 0.155. The molecule has 0 saturated heterocycles. The van der Waals surface area contributed by atoms with Gasteiger partial charge in [-0.25, -0.2) is 4.57 Å². The summed E-state index contributed by atoms with van der Waals surface area (Å²) >= 11 is 0. The molecule has 0 atom stereocenters.